The van der Waals surface area contributed by atoms with E-state index < -0.39 is 0 Å². The molecule has 0 saturated heterocycles. The van der Waals surface area contributed by atoms with Crippen LogP contribution in [0.2, 0.25) is 0 Å². The lowest BCUT2D eigenvalue weighted by Gasteiger charge is -2.27. The molecule has 1 saturated carbocycles. The van der Waals surface area contributed by atoms with Crippen LogP contribution in [0.1, 0.15) is 50.0 Å². The van der Waals surface area contributed by atoms with Gasteiger partial charge in [-0.25, -0.2) is 0 Å². The van der Waals surface area contributed by atoms with Gasteiger partial charge in [-0.15, -0.1) is 6.58 Å². The third-order valence-electron chi connectivity index (χ3n) is 5.48. The van der Waals surface area contributed by atoms with Crippen molar-refractivity contribution in [3.8, 4) is 11.5 Å². The van der Waals surface area contributed by atoms with Crippen LogP contribution in [0, 0.1) is 0 Å². The largest absolute Gasteiger partial charge is 0.486 e. The van der Waals surface area contributed by atoms with Gasteiger partial charge in [0.2, 0.25) is 0 Å². The van der Waals surface area contributed by atoms with Crippen LogP contribution in [0.15, 0.2) is 30.9 Å². The summed E-state index contributed by atoms with van der Waals surface area (Å²) in [6.07, 6.45) is 8.13. The number of hydrogen-bond donors (Lipinski definition) is 1. The number of allylic oxidation sites excluding steroid dienone is 1. The maximum absolute atomic E-state index is 6.44. The van der Waals surface area contributed by atoms with Crippen LogP contribution in [-0.2, 0) is 9.47 Å². The van der Waals surface area contributed by atoms with E-state index in [2.05, 4.69) is 18.7 Å². The van der Waals surface area contributed by atoms with Gasteiger partial charge in [-0.1, -0.05) is 12.1 Å². The Bertz CT molecular complexity index is 620. The summed E-state index contributed by atoms with van der Waals surface area (Å²) in [5.74, 6) is 2.09. The molecule has 0 unspecified atom stereocenters. The van der Waals surface area contributed by atoms with Crippen LogP contribution in [0.5, 0.6) is 11.5 Å². The molecule has 1 heterocycles. The molecule has 0 bridgehead atoms. The van der Waals surface area contributed by atoms with Crippen LogP contribution < -0.4 is 15.2 Å². The first-order chi connectivity index (χ1) is 13.1. The van der Waals surface area contributed by atoms with Crippen LogP contribution in [0.3, 0.4) is 0 Å². The highest BCUT2D eigenvalue weighted by Gasteiger charge is 2.36. The molecule has 27 heavy (non-hydrogen) atoms. The quantitative estimate of drug-likeness (QED) is 0.498. The average molecular weight is 376 g/mol. The molecular formula is C22H33NO4. The van der Waals surface area contributed by atoms with Crippen molar-refractivity contribution in [2.24, 2.45) is 5.73 Å². The lowest BCUT2D eigenvalue weighted by atomic mass is 9.93. The fourth-order valence-electron chi connectivity index (χ4n) is 4.03. The molecule has 5 heteroatoms. The van der Waals surface area contributed by atoms with Crippen molar-refractivity contribution in [2.45, 2.75) is 56.1 Å². The SMILES string of the molecule is C=CCCCCOC[C@@H]1COc2cc([C@H]3CC[C@](N)(COC)C3)ccc2O1. The van der Waals surface area contributed by atoms with Gasteiger partial charge in [0.1, 0.15) is 6.61 Å². The van der Waals surface area contributed by atoms with Crippen LogP contribution >= 0.6 is 0 Å². The van der Waals surface area contributed by atoms with Gasteiger partial charge >= 0.3 is 0 Å². The van der Waals surface area contributed by atoms with E-state index in [0.29, 0.717) is 25.7 Å². The van der Waals surface area contributed by atoms with Crippen molar-refractivity contribution in [3.63, 3.8) is 0 Å². The molecule has 1 fully saturated rings. The van der Waals surface area contributed by atoms with Crippen LogP contribution in [0.25, 0.3) is 0 Å². The lowest BCUT2D eigenvalue weighted by molar-refractivity contribution is 0.00787. The van der Waals surface area contributed by atoms with Gasteiger partial charge in [0, 0.05) is 19.3 Å². The van der Waals surface area contributed by atoms with Gasteiger partial charge in [0.25, 0.3) is 0 Å². The molecule has 3 atom stereocenters. The summed E-state index contributed by atoms with van der Waals surface area (Å²) in [7, 11) is 1.72. The Labute approximate surface area is 162 Å². The molecule has 150 valence electrons. The predicted molar refractivity (Wildman–Crippen MR) is 107 cm³/mol. The van der Waals surface area contributed by atoms with Crippen molar-refractivity contribution in [1.29, 1.82) is 0 Å². The highest BCUT2D eigenvalue weighted by atomic mass is 16.6. The zero-order chi connectivity index (χ0) is 19.1. The highest BCUT2D eigenvalue weighted by molar-refractivity contribution is 5.45. The van der Waals surface area contributed by atoms with Gasteiger partial charge in [0.05, 0.1) is 13.2 Å². The van der Waals surface area contributed by atoms with E-state index >= 15 is 0 Å². The van der Waals surface area contributed by atoms with Crippen molar-refractivity contribution in [3.05, 3.63) is 36.4 Å². The fourth-order valence-corrected chi connectivity index (χ4v) is 4.03. The van der Waals surface area contributed by atoms with Crippen molar-refractivity contribution in [2.75, 3.05) is 33.5 Å². The Morgan fingerprint density at radius 3 is 3.04 bits per heavy atom. The molecule has 1 aromatic carbocycles. The first kappa shape index (κ1) is 20.2. The number of methoxy groups -OCH3 is 1. The maximum atomic E-state index is 6.44. The third-order valence-corrected chi connectivity index (χ3v) is 5.48. The molecule has 2 aliphatic rings. The first-order valence-corrected chi connectivity index (χ1v) is 10.0. The van der Waals surface area contributed by atoms with Crippen molar-refractivity contribution < 1.29 is 18.9 Å². The zero-order valence-electron chi connectivity index (χ0n) is 16.5. The molecule has 0 radical (unpaired) electrons. The van der Waals surface area contributed by atoms with Crippen molar-refractivity contribution in [1.82, 2.24) is 0 Å². The Morgan fingerprint density at radius 2 is 2.22 bits per heavy atom. The monoisotopic (exact) mass is 375 g/mol. The molecule has 2 N–H and O–H groups in total. The number of unbranched alkanes of at least 4 members (excludes halogenated alkanes) is 2. The second-order valence-corrected chi connectivity index (χ2v) is 7.85. The standard InChI is InChI=1S/C22H33NO4/c1-3-4-5-6-11-25-14-19-15-26-21-12-17(7-8-20(21)27-19)18-9-10-22(23,13-18)16-24-2/h3,7-8,12,18-19H,1,4-6,9-11,13-16,23H2,2H3/t18-,19+,22+/m0/s1. The van der Waals surface area contributed by atoms with E-state index in [9.17, 15) is 0 Å². The number of benzene rings is 1. The summed E-state index contributed by atoms with van der Waals surface area (Å²) in [6, 6.07) is 6.28. The molecule has 0 spiro atoms. The topological polar surface area (TPSA) is 62.9 Å². The molecular weight excluding hydrogens is 342 g/mol. The predicted octanol–water partition coefficient (Wildman–Crippen LogP) is 3.81. The van der Waals surface area contributed by atoms with E-state index in [0.717, 1.165) is 56.6 Å². The normalized spacial score (nSPS) is 26.9. The maximum Gasteiger partial charge on any atom is 0.161 e. The Kier molecular flexibility index (Phi) is 7.16. The minimum Gasteiger partial charge on any atom is -0.486 e. The second kappa shape index (κ2) is 9.58. The summed E-state index contributed by atoms with van der Waals surface area (Å²) < 4.78 is 23.0. The minimum absolute atomic E-state index is 0.0485. The molecule has 0 aromatic heterocycles. The Balaban J connectivity index is 1.49. The second-order valence-electron chi connectivity index (χ2n) is 7.85. The Hall–Kier alpha value is -1.56. The van der Waals surface area contributed by atoms with Gasteiger partial charge in [-0.05, 0) is 62.1 Å². The molecule has 5 nitrogen and oxygen atoms in total. The summed E-state index contributed by atoms with van der Waals surface area (Å²) in [5, 5.41) is 0. The highest BCUT2D eigenvalue weighted by Crippen LogP contribution is 2.43. The van der Waals surface area contributed by atoms with Gasteiger partial charge < -0.3 is 24.7 Å². The summed E-state index contributed by atoms with van der Waals surface area (Å²) in [5.41, 5.74) is 7.51. The average Bonchev–Trinajstić information content (AvgIpc) is 3.06. The van der Waals surface area contributed by atoms with Gasteiger partial charge in [0.15, 0.2) is 17.6 Å². The van der Waals surface area contributed by atoms with Crippen molar-refractivity contribution >= 4 is 0 Å². The lowest BCUT2D eigenvalue weighted by Crippen LogP contribution is -2.41. The number of rotatable bonds is 10. The molecule has 0 amide bonds. The summed E-state index contributed by atoms with van der Waals surface area (Å²) in [4.78, 5) is 0. The minimum atomic E-state index is -0.208. The molecule has 1 aliphatic heterocycles. The van der Waals surface area contributed by atoms with E-state index in [1.54, 1.807) is 7.11 Å². The smallest absolute Gasteiger partial charge is 0.161 e. The van der Waals surface area contributed by atoms with Crippen LogP contribution in [0.4, 0.5) is 0 Å². The third kappa shape index (κ3) is 5.47. The van der Waals surface area contributed by atoms with E-state index in [1.165, 1.54) is 5.56 Å². The first-order valence-electron chi connectivity index (χ1n) is 10.0. The van der Waals surface area contributed by atoms with Gasteiger partial charge in [-0.3, -0.25) is 0 Å². The van der Waals surface area contributed by atoms with E-state index in [-0.39, 0.29) is 11.6 Å². The molecule has 1 aromatic rings. The molecule has 3 rings (SSSR count). The summed E-state index contributed by atoms with van der Waals surface area (Å²) >= 11 is 0. The Morgan fingerprint density at radius 1 is 1.33 bits per heavy atom. The zero-order valence-corrected chi connectivity index (χ0v) is 16.5. The van der Waals surface area contributed by atoms with E-state index in [1.807, 2.05) is 12.1 Å². The number of hydrogen-bond acceptors (Lipinski definition) is 5. The van der Waals surface area contributed by atoms with E-state index in [4.69, 9.17) is 24.7 Å². The summed E-state index contributed by atoms with van der Waals surface area (Å²) in [6.45, 7) is 6.18. The van der Waals surface area contributed by atoms with Crippen LogP contribution in [-0.4, -0.2) is 45.2 Å². The number of ether oxygens (including phenoxy) is 4. The molecule has 1 aliphatic carbocycles. The van der Waals surface area contributed by atoms with Gasteiger partial charge in [-0.2, -0.15) is 0 Å². The number of fused-ring (bicyclic) bond motifs is 1. The fraction of sp³-hybridized carbons (Fsp3) is 0.636. The number of nitrogens with two attached hydrogens (primary N) is 1.